The number of hydrogen-bond acceptors (Lipinski definition) is 4. The van der Waals surface area contributed by atoms with Crippen LogP contribution >= 0.6 is 12.2 Å². The van der Waals surface area contributed by atoms with E-state index < -0.39 is 0 Å². The highest BCUT2D eigenvalue weighted by atomic mass is 32.1. The Labute approximate surface area is 135 Å². The molecule has 4 nitrogen and oxygen atoms in total. The molecule has 0 aliphatic heterocycles. The van der Waals surface area contributed by atoms with Crippen LogP contribution in [0.1, 0.15) is 43.7 Å². The van der Waals surface area contributed by atoms with Crippen LogP contribution in [0.2, 0.25) is 0 Å². The van der Waals surface area contributed by atoms with Gasteiger partial charge < -0.3 is 5.11 Å². The normalized spacial score (nSPS) is 16.5. The van der Waals surface area contributed by atoms with E-state index >= 15 is 0 Å². The van der Waals surface area contributed by atoms with Crippen molar-refractivity contribution in [2.24, 2.45) is 0 Å². The molecule has 0 saturated carbocycles. The minimum absolute atomic E-state index is 0.00140. The van der Waals surface area contributed by atoms with Crippen molar-refractivity contribution in [3.63, 3.8) is 0 Å². The van der Waals surface area contributed by atoms with E-state index in [4.69, 9.17) is 12.2 Å². The average molecular weight is 317 g/mol. The molecular formula is C17H19NO3S. The predicted molar refractivity (Wildman–Crippen MR) is 91.4 cm³/mol. The van der Waals surface area contributed by atoms with Gasteiger partial charge in [-0.3, -0.25) is 10.1 Å². The molecule has 1 unspecified atom stereocenters. The molecule has 0 spiro atoms. The van der Waals surface area contributed by atoms with E-state index in [9.17, 15) is 15.2 Å². The summed E-state index contributed by atoms with van der Waals surface area (Å²) in [6, 6.07) is 7.51. The second-order valence-corrected chi connectivity index (χ2v) is 5.91. The summed E-state index contributed by atoms with van der Waals surface area (Å²) in [4.78, 5) is 11.9. The molecular weight excluding hydrogens is 298 g/mol. The summed E-state index contributed by atoms with van der Waals surface area (Å²) >= 11 is 5.41. The van der Waals surface area contributed by atoms with Gasteiger partial charge in [0.05, 0.1) is 4.92 Å². The van der Waals surface area contributed by atoms with Crippen molar-refractivity contribution in [1.29, 1.82) is 0 Å². The van der Waals surface area contributed by atoms with Crippen LogP contribution in [0.25, 0.3) is 5.57 Å². The Morgan fingerprint density at radius 1 is 1.41 bits per heavy atom. The Kier molecular flexibility index (Phi) is 5.21. The maximum atomic E-state index is 11.5. The van der Waals surface area contributed by atoms with Gasteiger partial charge in [-0.2, -0.15) is 0 Å². The van der Waals surface area contributed by atoms with E-state index in [0.29, 0.717) is 18.4 Å². The third-order valence-corrected chi connectivity index (χ3v) is 4.39. The quantitative estimate of drug-likeness (QED) is 0.508. The van der Waals surface area contributed by atoms with Crippen LogP contribution in [0.4, 0.5) is 0 Å². The fourth-order valence-electron chi connectivity index (χ4n) is 2.69. The van der Waals surface area contributed by atoms with Crippen LogP contribution in [-0.2, 0) is 0 Å². The summed E-state index contributed by atoms with van der Waals surface area (Å²) in [5, 5.41) is 20.9. The van der Waals surface area contributed by atoms with Gasteiger partial charge in [-0.15, -0.1) is 0 Å². The van der Waals surface area contributed by atoms with Crippen molar-refractivity contribution in [3.8, 4) is 0 Å². The molecule has 0 radical (unpaired) electrons. The van der Waals surface area contributed by atoms with E-state index in [1.165, 1.54) is 0 Å². The first kappa shape index (κ1) is 16.5. The number of aliphatic hydroxyl groups excluding tert-OH is 1. The van der Waals surface area contributed by atoms with Crippen LogP contribution in [0.15, 0.2) is 41.6 Å². The van der Waals surface area contributed by atoms with Crippen LogP contribution in [0.5, 0.6) is 0 Å². The molecule has 0 bridgehead atoms. The Bertz CT molecular complexity index is 676. The molecule has 116 valence electrons. The maximum Gasteiger partial charge on any atom is 0.273 e. The lowest BCUT2D eigenvalue weighted by atomic mass is 9.85. The van der Waals surface area contributed by atoms with E-state index in [0.717, 1.165) is 21.6 Å². The number of allylic oxidation sites excluding steroid dienone is 3. The van der Waals surface area contributed by atoms with Crippen molar-refractivity contribution in [3.05, 3.63) is 62.9 Å². The molecule has 1 aromatic carbocycles. The fraction of sp³-hybridized carbons (Fsp3) is 0.353. The predicted octanol–water partition coefficient (Wildman–Crippen LogP) is 3.88. The minimum atomic E-state index is -0.340. The van der Waals surface area contributed by atoms with E-state index in [-0.39, 0.29) is 23.1 Å². The highest BCUT2D eigenvalue weighted by Gasteiger charge is 2.27. The summed E-state index contributed by atoms with van der Waals surface area (Å²) in [5.74, 6) is -0.0816. The summed E-state index contributed by atoms with van der Waals surface area (Å²) in [6.07, 6.45) is 2.69. The van der Waals surface area contributed by atoms with Crippen LogP contribution < -0.4 is 0 Å². The topological polar surface area (TPSA) is 63.4 Å². The molecule has 2 rings (SSSR count). The monoisotopic (exact) mass is 317 g/mol. The van der Waals surface area contributed by atoms with Gasteiger partial charge in [0.15, 0.2) is 0 Å². The lowest BCUT2D eigenvalue weighted by Gasteiger charge is -2.20. The number of rotatable bonds is 5. The van der Waals surface area contributed by atoms with Crippen molar-refractivity contribution in [2.45, 2.75) is 32.6 Å². The van der Waals surface area contributed by atoms with Gasteiger partial charge in [-0.05, 0) is 23.1 Å². The highest BCUT2D eigenvalue weighted by molar-refractivity contribution is 7.80. The number of hydrogen-bond donors (Lipinski definition) is 1. The number of benzene rings is 1. The van der Waals surface area contributed by atoms with E-state index in [1.807, 2.05) is 38.1 Å². The van der Waals surface area contributed by atoms with Gasteiger partial charge in [0.2, 0.25) is 0 Å². The summed E-state index contributed by atoms with van der Waals surface area (Å²) in [6.45, 7) is 3.85. The molecule has 1 aromatic rings. The lowest BCUT2D eigenvalue weighted by molar-refractivity contribution is -0.418. The first-order chi connectivity index (χ1) is 10.5. The van der Waals surface area contributed by atoms with Gasteiger partial charge in [0, 0.05) is 35.5 Å². The molecule has 5 heteroatoms. The van der Waals surface area contributed by atoms with Gasteiger partial charge in [-0.25, -0.2) is 0 Å². The summed E-state index contributed by atoms with van der Waals surface area (Å²) in [5.41, 5.74) is 3.34. The Morgan fingerprint density at radius 3 is 2.68 bits per heavy atom. The van der Waals surface area contributed by atoms with Gasteiger partial charge in [0.25, 0.3) is 5.70 Å². The number of thiocarbonyl (C=S) groups is 1. The van der Waals surface area contributed by atoms with E-state index in [2.05, 4.69) is 0 Å². The van der Waals surface area contributed by atoms with E-state index in [1.54, 1.807) is 6.08 Å². The molecule has 0 heterocycles. The standard InChI is InChI=1S/C17H19NO3S/c1-3-12-8-16(18(20)21)15(9-17(12)22)14-7-5-4-6-13(14)11(2)10-19/h4-8,11,19H,3,9-10H2,1-2H3. The largest absolute Gasteiger partial charge is 0.396 e. The third kappa shape index (κ3) is 3.15. The van der Waals surface area contributed by atoms with Gasteiger partial charge in [0.1, 0.15) is 0 Å². The van der Waals surface area contributed by atoms with Crippen LogP contribution in [0, 0.1) is 10.1 Å². The molecule has 0 amide bonds. The van der Waals surface area contributed by atoms with Crippen LogP contribution in [0.3, 0.4) is 0 Å². The third-order valence-electron chi connectivity index (χ3n) is 3.98. The summed E-state index contributed by atoms with van der Waals surface area (Å²) in [7, 11) is 0. The minimum Gasteiger partial charge on any atom is -0.396 e. The SMILES string of the molecule is CCC1=CC([N+](=O)[O-])=C(c2ccccc2C(C)CO)CC1=S. The zero-order valence-electron chi connectivity index (χ0n) is 12.7. The second kappa shape index (κ2) is 6.94. The zero-order valence-corrected chi connectivity index (χ0v) is 13.5. The average Bonchev–Trinajstić information content (AvgIpc) is 2.53. The molecule has 1 N–H and O–H groups in total. The zero-order chi connectivity index (χ0) is 16.3. The Balaban J connectivity index is 2.65. The first-order valence-corrected chi connectivity index (χ1v) is 7.71. The first-order valence-electron chi connectivity index (χ1n) is 7.31. The molecule has 0 aromatic heterocycles. The molecule has 22 heavy (non-hydrogen) atoms. The van der Waals surface area contributed by atoms with Gasteiger partial charge >= 0.3 is 0 Å². The molecule has 1 atom stereocenters. The Hall–Kier alpha value is -1.85. The number of nitro groups is 1. The highest BCUT2D eigenvalue weighted by Crippen LogP contribution is 2.35. The molecule has 0 saturated heterocycles. The molecule has 0 fully saturated rings. The maximum absolute atomic E-state index is 11.5. The Morgan fingerprint density at radius 2 is 2.09 bits per heavy atom. The number of nitrogens with zero attached hydrogens (tertiary/aromatic N) is 1. The van der Waals surface area contributed by atoms with Crippen molar-refractivity contribution in [1.82, 2.24) is 0 Å². The van der Waals surface area contributed by atoms with Crippen molar-refractivity contribution >= 4 is 22.7 Å². The molecule has 1 aliphatic carbocycles. The second-order valence-electron chi connectivity index (χ2n) is 5.41. The summed E-state index contributed by atoms with van der Waals surface area (Å²) < 4.78 is 0. The van der Waals surface area contributed by atoms with Crippen molar-refractivity contribution < 1.29 is 10.0 Å². The fourth-order valence-corrected chi connectivity index (χ4v) is 3.04. The van der Waals surface area contributed by atoms with Crippen LogP contribution in [-0.4, -0.2) is 21.5 Å². The molecule has 1 aliphatic rings. The lowest BCUT2D eigenvalue weighted by Crippen LogP contribution is -2.14. The number of aliphatic hydroxyl groups is 1. The van der Waals surface area contributed by atoms with Crippen molar-refractivity contribution in [2.75, 3.05) is 6.61 Å². The smallest absolute Gasteiger partial charge is 0.273 e. The van der Waals surface area contributed by atoms with Gasteiger partial charge in [-0.1, -0.05) is 50.3 Å².